The summed E-state index contributed by atoms with van der Waals surface area (Å²) in [5.74, 6) is -0.259. The van der Waals surface area contributed by atoms with Crippen LogP contribution in [0.2, 0.25) is 0 Å². The summed E-state index contributed by atoms with van der Waals surface area (Å²) in [7, 11) is 1.78. The molecule has 4 atom stereocenters. The Kier molecular flexibility index (Phi) is 4.77. The highest BCUT2D eigenvalue weighted by atomic mass is 16.6. The van der Waals surface area contributed by atoms with Gasteiger partial charge in [0.15, 0.2) is 18.1 Å². The molecule has 13 heteroatoms. The highest BCUT2D eigenvalue weighted by Gasteiger charge is 2.48. The summed E-state index contributed by atoms with van der Waals surface area (Å²) < 4.78 is 8.93. The largest absolute Gasteiger partial charge is 0.387 e. The molecule has 0 aliphatic carbocycles. The lowest BCUT2D eigenvalue weighted by Gasteiger charge is -2.17. The number of anilines is 2. The van der Waals surface area contributed by atoms with E-state index in [0.717, 1.165) is 0 Å². The number of fused-ring (bicyclic) bond motifs is 1. The number of carbonyl (C=O) groups is 1. The zero-order chi connectivity index (χ0) is 22.4. The van der Waals surface area contributed by atoms with E-state index < -0.39 is 30.4 Å². The molecule has 0 unspecified atom stereocenters. The number of aromatic nitrogens is 7. The van der Waals surface area contributed by atoms with Crippen molar-refractivity contribution in [2.75, 3.05) is 11.1 Å². The molecule has 4 aromatic heterocycles. The molecule has 5 N–H and O–H groups in total. The van der Waals surface area contributed by atoms with Gasteiger partial charge in [-0.3, -0.25) is 14.5 Å². The first-order valence-corrected chi connectivity index (χ1v) is 9.63. The first-order chi connectivity index (χ1) is 15.4. The standard InChI is InChI=1S/C19H19N9O4/c1-27-5-2-10(26-27)9-7-28(17-12(9)16(20)23-8-24-17)19-14(30)13(29)15(32-19)18(31)25-11-6-21-3-4-22-11/h2-8,13-15,19,29-30H,1H3,(H2,20,23,24)(H,22,25,31)/t13-,14+,15-,19+/m0/s1. The molecular weight excluding hydrogens is 418 g/mol. The molecule has 1 fully saturated rings. The van der Waals surface area contributed by atoms with Crippen molar-refractivity contribution in [3.63, 3.8) is 0 Å². The van der Waals surface area contributed by atoms with E-state index in [-0.39, 0.29) is 11.6 Å². The number of aliphatic hydroxyl groups is 2. The maximum atomic E-state index is 12.7. The van der Waals surface area contributed by atoms with Crippen molar-refractivity contribution in [3.8, 4) is 11.3 Å². The van der Waals surface area contributed by atoms with Crippen LogP contribution >= 0.6 is 0 Å². The third-order valence-corrected chi connectivity index (χ3v) is 5.21. The number of nitrogens with zero attached hydrogens (tertiary/aromatic N) is 7. The van der Waals surface area contributed by atoms with E-state index in [4.69, 9.17) is 10.5 Å². The third-order valence-electron chi connectivity index (χ3n) is 5.21. The minimum absolute atomic E-state index is 0.190. The van der Waals surface area contributed by atoms with Crippen LogP contribution in [0.1, 0.15) is 6.23 Å². The van der Waals surface area contributed by atoms with Gasteiger partial charge in [0, 0.05) is 37.4 Å². The molecule has 13 nitrogen and oxygen atoms in total. The van der Waals surface area contributed by atoms with Crippen LogP contribution in [0, 0.1) is 0 Å². The van der Waals surface area contributed by atoms with E-state index in [1.165, 1.54) is 29.5 Å². The zero-order valence-electron chi connectivity index (χ0n) is 16.8. The van der Waals surface area contributed by atoms with Crippen LogP contribution in [0.4, 0.5) is 11.6 Å². The predicted octanol–water partition coefficient (Wildman–Crippen LogP) is -0.538. The molecule has 0 aromatic carbocycles. The molecule has 32 heavy (non-hydrogen) atoms. The van der Waals surface area contributed by atoms with Gasteiger partial charge in [-0.15, -0.1) is 0 Å². The minimum Gasteiger partial charge on any atom is -0.387 e. The van der Waals surface area contributed by atoms with Gasteiger partial charge in [0.25, 0.3) is 5.91 Å². The molecule has 1 saturated heterocycles. The van der Waals surface area contributed by atoms with Gasteiger partial charge in [0.2, 0.25) is 0 Å². The molecule has 0 bridgehead atoms. The number of aryl methyl sites for hydroxylation is 1. The van der Waals surface area contributed by atoms with Crippen molar-refractivity contribution < 1.29 is 19.7 Å². The third kappa shape index (κ3) is 3.24. The second kappa shape index (κ2) is 7.64. The molecule has 0 radical (unpaired) electrons. The van der Waals surface area contributed by atoms with Crippen LogP contribution in [0.15, 0.2) is 43.4 Å². The molecule has 0 spiro atoms. The summed E-state index contributed by atoms with van der Waals surface area (Å²) in [5, 5.41) is 28.7. The van der Waals surface area contributed by atoms with E-state index in [1.54, 1.807) is 30.2 Å². The maximum Gasteiger partial charge on any atom is 0.257 e. The Morgan fingerprint density at radius 3 is 2.78 bits per heavy atom. The highest BCUT2D eigenvalue weighted by Crippen LogP contribution is 2.38. The summed E-state index contributed by atoms with van der Waals surface area (Å²) in [6.07, 6.45) is 3.55. The number of nitrogens with one attached hydrogen (secondary N) is 1. The fraction of sp³-hybridized carbons (Fsp3) is 0.263. The van der Waals surface area contributed by atoms with Gasteiger partial charge in [0.1, 0.15) is 30.0 Å². The molecule has 5 rings (SSSR count). The average molecular weight is 437 g/mol. The quantitative estimate of drug-likeness (QED) is 0.324. The lowest BCUT2D eigenvalue weighted by atomic mass is 10.1. The Morgan fingerprint density at radius 1 is 1.22 bits per heavy atom. The van der Waals surface area contributed by atoms with Crippen molar-refractivity contribution in [3.05, 3.63) is 43.4 Å². The molecule has 164 valence electrons. The summed E-state index contributed by atoms with van der Waals surface area (Å²) in [4.78, 5) is 28.8. The first kappa shape index (κ1) is 20.0. The molecular formula is C19H19N9O4. The topological polar surface area (TPSA) is 179 Å². The fourth-order valence-electron chi connectivity index (χ4n) is 3.72. The van der Waals surface area contributed by atoms with Crippen molar-refractivity contribution >= 4 is 28.6 Å². The van der Waals surface area contributed by atoms with Gasteiger partial charge in [0.05, 0.1) is 17.3 Å². The van der Waals surface area contributed by atoms with Gasteiger partial charge in [-0.2, -0.15) is 5.10 Å². The van der Waals surface area contributed by atoms with Crippen LogP contribution in [0.3, 0.4) is 0 Å². The minimum atomic E-state index is -1.49. The number of aliphatic hydroxyl groups excluding tert-OH is 2. The molecule has 1 amide bonds. The number of ether oxygens (including phenoxy) is 1. The molecule has 4 aromatic rings. The Hall–Kier alpha value is -3.94. The van der Waals surface area contributed by atoms with Gasteiger partial charge in [-0.1, -0.05) is 0 Å². The Labute approximate surface area is 180 Å². The van der Waals surface area contributed by atoms with E-state index in [9.17, 15) is 15.0 Å². The predicted molar refractivity (Wildman–Crippen MR) is 111 cm³/mol. The zero-order valence-corrected chi connectivity index (χ0v) is 16.8. The van der Waals surface area contributed by atoms with Crippen molar-refractivity contribution in [1.29, 1.82) is 0 Å². The molecule has 1 aliphatic rings. The van der Waals surface area contributed by atoms with Crippen molar-refractivity contribution in [1.82, 2.24) is 34.3 Å². The van der Waals surface area contributed by atoms with Gasteiger partial charge in [-0.25, -0.2) is 15.0 Å². The lowest BCUT2D eigenvalue weighted by Crippen LogP contribution is -2.39. The van der Waals surface area contributed by atoms with Crippen LogP contribution in [0.25, 0.3) is 22.3 Å². The highest BCUT2D eigenvalue weighted by molar-refractivity contribution is 6.00. The fourth-order valence-corrected chi connectivity index (χ4v) is 3.72. The molecule has 1 aliphatic heterocycles. The van der Waals surface area contributed by atoms with Gasteiger partial charge < -0.3 is 30.6 Å². The van der Waals surface area contributed by atoms with Gasteiger partial charge >= 0.3 is 0 Å². The Bertz CT molecular complexity index is 1290. The second-order valence-electron chi connectivity index (χ2n) is 7.29. The average Bonchev–Trinajstić information content (AvgIpc) is 3.46. The summed E-state index contributed by atoms with van der Waals surface area (Å²) in [6, 6.07) is 1.80. The second-order valence-corrected chi connectivity index (χ2v) is 7.29. The number of amides is 1. The summed E-state index contributed by atoms with van der Waals surface area (Å²) in [6.45, 7) is 0. The summed E-state index contributed by atoms with van der Waals surface area (Å²) >= 11 is 0. The smallest absolute Gasteiger partial charge is 0.257 e. The SMILES string of the molecule is Cn1ccc(-c2cn([C@@H]3O[C@H](C(=O)Nc4cnccn4)[C@@H](O)[C@H]3O)c3ncnc(N)c23)n1. The van der Waals surface area contributed by atoms with Gasteiger partial charge in [-0.05, 0) is 6.07 Å². The normalized spacial score (nSPS) is 23.0. The Morgan fingerprint density at radius 2 is 2.06 bits per heavy atom. The van der Waals surface area contributed by atoms with Crippen LogP contribution in [0.5, 0.6) is 0 Å². The van der Waals surface area contributed by atoms with E-state index >= 15 is 0 Å². The molecule has 5 heterocycles. The molecule has 0 saturated carbocycles. The number of nitrogens with two attached hydrogens (primary N) is 1. The van der Waals surface area contributed by atoms with E-state index in [2.05, 4.69) is 30.4 Å². The summed E-state index contributed by atoms with van der Waals surface area (Å²) in [5.41, 5.74) is 7.71. The number of nitrogen functional groups attached to an aromatic ring is 1. The number of rotatable bonds is 4. The monoisotopic (exact) mass is 437 g/mol. The van der Waals surface area contributed by atoms with E-state index in [0.29, 0.717) is 22.3 Å². The number of carbonyl (C=O) groups excluding carboxylic acids is 1. The van der Waals surface area contributed by atoms with Crippen LogP contribution < -0.4 is 11.1 Å². The first-order valence-electron chi connectivity index (χ1n) is 9.63. The maximum absolute atomic E-state index is 12.7. The number of hydrogen-bond acceptors (Lipinski definition) is 10. The Balaban J connectivity index is 1.51. The van der Waals surface area contributed by atoms with E-state index in [1.807, 2.05) is 0 Å². The van der Waals surface area contributed by atoms with Crippen molar-refractivity contribution in [2.24, 2.45) is 7.05 Å². The van der Waals surface area contributed by atoms with Crippen LogP contribution in [-0.4, -0.2) is 68.7 Å². The lowest BCUT2D eigenvalue weighted by molar-refractivity contribution is -0.132. The van der Waals surface area contributed by atoms with Crippen LogP contribution in [-0.2, 0) is 16.6 Å². The van der Waals surface area contributed by atoms with Crippen molar-refractivity contribution in [2.45, 2.75) is 24.5 Å². The number of hydrogen-bond donors (Lipinski definition) is 4.